The van der Waals surface area contributed by atoms with E-state index in [2.05, 4.69) is 33.9 Å². The second kappa shape index (κ2) is 7.55. The molecule has 0 unspecified atom stereocenters. The number of nitrogens with one attached hydrogen (secondary N) is 1. The molecule has 0 saturated heterocycles. The molecule has 124 valence electrons. The maximum absolute atomic E-state index is 11.6. The lowest BCUT2D eigenvalue weighted by molar-refractivity contribution is 0.0531. The first-order valence-corrected chi connectivity index (χ1v) is 8.55. The molecule has 1 amide bonds. The van der Waals surface area contributed by atoms with Crippen molar-refractivity contribution in [2.75, 3.05) is 12.3 Å². The summed E-state index contributed by atoms with van der Waals surface area (Å²) in [6.45, 7) is 8.15. The fourth-order valence-electron chi connectivity index (χ4n) is 2.03. The smallest absolute Gasteiger partial charge is 0.407 e. The number of pyridine rings is 1. The average molecular weight is 333 g/mol. The number of ether oxygens (including phenoxy) is 1. The molecular weight excluding hydrogens is 310 g/mol. The van der Waals surface area contributed by atoms with E-state index >= 15 is 0 Å². The van der Waals surface area contributed by atoms with E-state index in [4.69, 9.17) is 4.74 Å². The van der Waals surface area contributed by atoms with Gasteiger partial charge in [0.25, 0.3) is 0 Å². The monoisotopic (exact) mass is 333 g/mol. The highest BCUT2D eigenvalue weighted by atomic mass is 32.2. The van der Waals surface area contributed by atoms with Crippen molar-refractivity contribution in [2.24, 2.45) is 0 Å². The van der Waals surface area contributed by atoms with Gasteiger partial charge in [0.05, 0.1) is 5.03 Å². The number of hydrogen-bond acceptors (Lipinski definition) is 4. The van der Waals surface area contributed by atoms with Gasteiger partial charge in [-0.3, -0.25) is 4.57 Å². The molecule has 2 aromatic heterocycles. The summed E-state index contributed by atoms with van der Waals surface area (Å²) in [7, 11) is 0. The van der Waals surface area contributed by atoms with Crippen molar-refractivity contribution in [1.29, 1.82) is 0 Å². The summed E-state index contributed by atoms with van der Waals surface area (Å²) in [4.78, 5) is 16.0. The van der Waals surface area contributed by atoms with Gasteiger partial charge in [0.15, 0.2) is 0 Å². The lowest BCUT2D eigenvalue weighted by Crippen LogP contribution is -2.33. The third-order valence-electron chi connectivity index (χ3n) is 2.94. The van der Waals surface area contributed by atoms with Gasteiger partial charge in [0, 0.05) is 24.2 Å². The molecule has 5 nitrogen and oxygen atoms in total. The molecule has 6 heteroatoms. The quantitative estimate of drug-likeness (QED) is 0.668. The highest BCUT2D eigenvalue weighted by Gasteiger charge is 2.15. The molecule has 2 aromatic rings. The fraction of sp³-hybridized carbons (Fsp3) is 0.412. The van der Waals surface area contributed by atoms with Crippen LogP contribution in [-0.2, 0) is 4.74 Å². The van der Waals surface area contributed by atoms with Gasteiger partial charge in [-0.25, -0.2) is 9.78 Å². The van der Waals surface area contributed by atoms with Crippen molar-refractivity contribution in [3.8, 4) is 5.82 Å². The Kier molecular flexibility index (Phi) is 5.71. The predicted molar refractivity (Wildman–Crippen MR) is 93.3 cm³/mol. The largest absolute Gasteiger partial charge is 0.444 e. The number of hydrogen-bond donors (Lipinski definition) is 1. The number of carbonyl (C=O) groups is 1. The van der Waals surface area contributed by atoms with E-state index in [0.717, 1.165) is 22.3 Å². The van der Waals surface area contributed by atoms with Crippen LogP contribution in [0.4, 0.5) is 4.79 Å². The van der Waals surface area contributed by atoms with Crippen LogP contribution in [0, 0.1) is 6.92 Å². The van der Waals surface area contributed by atoms with Gasteiger partial charge in [0.2, 0.25) is 0 Å². The van der Waals surface area contributed by atoms with Gasteiger partial charge < -0.3 is 10.1 Å². The maximum atomic E-state index is 11.6. The predicted octanol–water partition coefficient (Wildman–Crippen LogP) is 3.80. The summed E-state index contributed by atoms with van der Waals surface area (Å²) in [6, 6.07) is 10.00. The van der Waals surface area contributed by atoms with Gasteiger partial charge >= 0.3 is 6.09 Å². The van der Waals surface area contributed by atoms with Crippen LogP contribution in [0.25, 0.3) is 5.82 Å². The van der Waals surface area contributed by atoms with Crippen molar-refractivity contribution >= 4 is 17.9 Å². The maximum Gasteiger partial charge on any atom is 0.407 e. The van der Waals surface area contributed by atoms with E-state index < -0.39 is 5.60 Å². The average Bonchev–Trinajstić information content (AvgIpc) is 2.84. The van der Waals surface area contributed by atoms with Crippen LogP contribution in [-0.4, -0.2) is 33.5 Å². The van der Waals surface area contributed by atoms with Crippen molar-refractivity contribution in [2.45, 2.75) is 38.3 Å². The first-order chi connectivity index (χ1) is 10.9. The van der Waals surface area contributed by atoms with E-state index in [1.807, 2.05) is 39.0 Å². The second-order valence-corrected chi connectivity index (χ2v) is 7.23. The Morgan fingerprint density at radius 3 is 2.74 bits per heavy atom. The second-order valence-electron chi connectivity index (χ2n) is 6.11. The molecule has 0 saturated carbocycles. The van der Waals surface area contributed by atoms with Crippen LogP contribution in [0.5, 0.6) is 0 Å². The number of rotatable bonds is 5. The number of alkyl carbamates (subject to hydrolysis) is 1. The Labute approximate surface area is 141 Å². The molecule has 0 aliphatic heterocycles. The molecule has 0 aliphatic rings. The SMILES string of the molecule is Cc1ccc(SCCNC(=O)OC(C)(C)C)n1-c1ccccn1. The van der Waals surface area contributed by atoms with Crippen molar-refractivity contribution < 1.29 is 9.53 Å². The van der Waals surface area contributed by atoms with E-state index in [1.54, 1.807) is 18.0 Å². The van der Waals surface area contributed by atoms with Crippen LogP contribution in [0.3, 0.4) is 0 Å². The summed E-state index contributed by atoms with van der Waals surface area (Å²) in [5, 5.41) is 3.87. The Bertz CT molecular complexity index is 648. The third-order valence-corrected chi connectivity index (χ3v) is 3.96. The van der Waals surface area contributed by atoms with E-state index in [9.17, 15) is 4.79 Å². The molecule has 2 rings (SSSR count). The van der Waals surface area contributed by atoms with Gasteiger partial charge in [-0.2, -0.15) is 0 Å². The Morgan fingerprint density at radius 1 is 1.30 bits per heavy atom. The summed E-state index contributed by atoms with van der Waals surface area (Å²) in [5.41, 5.74) is 0.661. The van der Waals surface area contributed by atoms with Gasteiger partial charge in [-0.15, -0.1) is 11.8 Å². The fourth-order valence-corrected chi connectivity index (χ4v) is 2.97. The number of carbonyl (C=O) groups excluding carboxylic acids is 1. The van der Waals surface area contributed by atoms with E-state index in [0.29, 0.717) is 6.54 Å². The van der Waals surface area contributed by atoms with Gasteiger partial charge in [-0.1, -0.05) is 6.07 Å². The molecular formula is C17H23N3O2S. The van der Waals surface area contributed by atoms with Crippen LogP contribution < -0.4 is 5.32 Å². The zero-order valence-electron chi connectivity index (χ0n) is 14.0. The summed E-state index contributed by atoms with van der Waals surface area (Å²) >= 11 is 1.68. The minimum atomic E-state index is -0.470. The lowest BCUT2D eigenvalue weighted by Gasteiger charge is -2.19. The van der Waals surface area contributed by atoms with E-state index in [-0.39, 0.29) is 6.09 Å². The Hall–Kier alpha value is -1.95. The standard InChI is InChI=1S/C17H23N3O2S/c1-13-8-9-15(20(13)14-7-5-6-10-18-14)23-12-11-19-16(21)22-17(2,3)4/h5-10H,11-12H2,1-4H3,(H,19,21). The molecule has 2 heterocycles. The number of thioether (sulfide) groups is 1. The molecule has 0 radical (unpaired) electrons. The van der Waals surface area contributed by atoms with Crippen LogP contribution in [0.15, 0.2) is 41.6 Å². The topological polar surface area (TPSA) is 56.1 Å². The van der Waals surface area contributed by atoms with Gasteiger partial charge in [-0.05, 0) is 52.0 Å². The molecule has 0 bridgehead atoms. The van der Waals surface area contributed by atoms with Crippen LogP contribution in [0.2, 0.25) is 0 Å². The minimum absolute atomic E-state index is 0.380. The number of nitrogens with zero attached hydrogens (tertiary/aromatic N) is 2. The molecule has 0 spiro atoms. The Balaban J connectivity index is 1.89. The summed E-state index contributed by atoms with van der Waals surface area (Å²) in [6.07, 6.45) is 1.40. The number of aromatic nitrogens is 2. The summed E-state index contributed by atoms with van der Waals surface area (Å²) in [5.74, 6) is 1.66. The first kappa shape index (κ1) is 17.4. The van der Waals surface area contributed by atoms with E-state index in [1.165, 1.54) is 0 Å². The third kappa shape index (κ3) is 5.32. The molecule has 1 N–H and O–H groups in total. The van der Waals surface area contributed by atoms with Crippen LogP contribution >= 0.6 is 11.8 Å². The Morgan fingerprint density at radius 2 is 2.09 bits per heavy atom. The highest BCUT2D eigenvalue weighted by Crippen LogP contribution is 2.24. The van der Waals surface area contributed by atoms with Gasteiger partial charge in [0.1, 0.15) is 11.4 Å². The number of amides is 1. The normalized spacial score (nSPS) is 11.3. The van der Waals surface area contributed by atoms with Crippen LogP contribution in [0.1, 0.15) is 26.5 Å². The molecule has 0 aliphatic carbocycles. The molecule has 0 atom stereocenters. The number of aryl methyl sites for hydroxylation is 1. The molecule has 0 fully saturated rings. The van der Waals surface area contributed by atoms with Crippen molar-refractivity contribution in [3.05, 3.63) is 42.2 Å². The molecule has 23 heavy (non-hydrogen) atoms. The molecule has 0 aromatic carbocycles. The van der Waals surface area contributed by atoms with Crippen molar-refractivity contribution in [3.63, 3.8) is 0 Å². The summed E-state index contributed by atoms with van der Waals surface area (Å²) < 4.78 is 7.32. The minimum Gasteiger partial charge on any atom is -0.444 e. The zero-order chi connectivity index (χ0) is 16.9. The highest BCUT2D eigenvalue weighted by molar-refractivity contribution is 7.99. The lowest BCUT2D eigenvalue weighted by atomic mass is 10.2. The zero-order valence-corrected chi connectivity index (χ0v) is 14.8. The first-order valence-electron chi connectivity index (χ1n) is 7.56. The van der Waals surface area contributed by atoms with Crippen molar-refractivity contribution in [1.82, 2.24) is 14.9 Å².